The quantitative estimate of drug-likeness (QED) is 0.721. The Balaban J connectivity index is 1.75. The van der Waals surface area contributed by atoms with Crippen molar-refractivity contribution in [2.75, 3.05) is 0 Å². The number of rotatable bonds is 4. The molecular weight excluding hydrogens is 335 g/mol. The van der Waals surface area contributed by atoms with Crippen LogP contribution in [0, 0.1) is 5.82 Å². The number of carbonyl (C=O) groups excluding carboxylic acids is 1. The summed E-state index contributed by atoms with van der Waals surface area (Å²) in [5.74, 6) is -0.275. The first-order chi connectivity index (χ1) is 10.1. The highest BCUT2D eigenvalue weighted by molar-refractivity contribution is 9.10. The third-order valence-electron chi connectivity index (χ3n) is 3.26. The van der Waals surface area contributed by atoms with Crippen LogP contribution >= 0.6 is 15.9 Å². The molecule has 3 rings (SSSR count). The third-order valence-corrected chi connectivity index (χ3v) is 3.87. The van der Waals surface area contributed by atoms with Crippen molar-refractivity contribution in [2.24, 2.45) is 0 Å². The van der Waals surface area contributed by atoms with Crippen molar-refractivity contribution in [2.45, 2.75) is 13.0 Å². The van der Waals surface area contributed by atoms with Crippen molar-refractivity contribution in [1.82, 2.24) is 9.55 Å². The van der Waals surface area contributed by atoms with Gasteiger partial charge in [0, 0.05) is 6.42 Å². The van der Waals surface area contributed by atoms with Gasteiger partial charge >= 0.3 is 0 Å². The summed E-state index contributed by atoms with van der Waals surface area (Å²) in [6.07, 6.45) is 1.94. The van der Waals surface area contributed by atoms with Crippen LogP contribution in [-0.4, -0.2) is 15.3 Å². The number of para-hydroxylation sites is 2. The summed E-state index contributed by atoms with van der Waals surface area (Å²) >= 11 is 3.13. The molecule has 2 aromatic carbocycles. The van der Waals surface area contributed by atoms with Crippen LogP contribution in [0.2, 0.25) is 0 Å². The molecule has 0 aliphatic rings. The van der Waals surface area contributed by atoms with Gasteiger partial charge in [0.1, 0.15) is 5.82 Å². The summed E-state index contributed by atoms with van der Waals surface area (Å²) in [7, 11) is 0. The molecule has 0 amide bonds. The van der Waals surface area contributed by atoms with Gasteiger partial charge in [-0.25, -0.2) is 9.37 Å². The molecule has 0 aliphatic heterocycles. The molecule has 0 fully saturated rings. The van der Waals surface area contributed by atoms with E-state index < -0.39 is 0 Å². The Morgan fingerprint density at radius 3 is 2.86 bits per heavy atom. The number of hydrogen-bond donors (Lipinski definition) is 0. The second kappa shape index (κ2) is 5.77. The molecule has 106 valence electrons. The van der Waals surface area contributed by atoms with Crippen molar-refractivity contribution in [3.8, 4) is 0 Å². The minimum Gasteiger partial charge on any atom is -0.323 e. The Kier molecular flexibility index (Phi) is 3.84. The average Bonchev–Trinajstić information content (AvgIpc) is 2.86. The summed E-state index contributed by atoms with van der Waals surface area (Å²) in [5.41, 5.74) is 2.60. The smallest absolute Gasteiger partial charge is 0.156 e. The molecule has 0 bridgehead atoms. The molecule has 3 nitrogen and oxygen atoms in total. The zero-order chi connectivity index (χ0) is 14.8. The Morgan fingerprint density at radius 2 is 2.05 bits per heavy atom. The lowest BCUT2D eigenvalue weighted by molar-refractivity contribution is -0.118. The SMILES string of the molecule is O=C(Cc1ccc(F)c(Br)c1)Cn1cnc2ccccc21. The highest BCUT2D eigenvalue weighted by Crippen LogP contribution is 2.18. The van der Waals surface area contributed by atoms with Crippen molar-refractivity contribution >= 4 is 32.7 Å². The van der Waals surface area contributed by atoms with Gasteiger partial charge in [0.2, 0.25) is 0 Å². The van der Waals surface area contributed by atoms with E-state index in [0.717, 1.165) is 16.6 Å². The molecular formula is C16H12BrFN2O. The zero-order valence-electron chi connectivity index (χ0n) is 11.1. The van der Waals surface area contributed by atoms with E-state index in [9.17, 15) is 9.18 Å². The number of aromatic nitrogens is 2. The van der Waals surface area contributed by atoms with E-state index in [0.29, 0.717) is 4.47 Å². The summed E-state index contributed by atoms with van der Waals surface area (Å²) in [6.45, 7) is 0.259. The summed E-state index contributed by atoms with van der Waals surface area (Å²) in [6, 6.07) is 12.3. The summed E-state index contributed by atoms with van der Waals surface area (Å²) < 4.78 is 15.4. The Bertz CT molecular complexity index is 813. The van der Waals surface area contributed by atoms with E-state index in [4.69, 9.17) is 0 Å². The molecule has 5 heteroatoms. The number of fused-ring (bicyclic) bond motifs is 1. The largest absolute Gasteiger partial charge is 0.323 e. The maximum atomic E-state index is 13.2. The molecule has 0 radical (unpaired) electrons. The fourth-order valence-electron chi connectivity index (χ4n) is 2.26. The highest BCUT2D eigenvalue weighted by atomic mass is 79.9. The van der Waals surface area contributed by atoms with Crippen molar-refractivity contribution in [3.63, 3.8) is 0 Å². The van der Waals surface area contributed by atoms with E-state index in [1.165, 1.54) is 6.07 Å². The van der Waals surface area contributed by atoms with E-state index in [1.807, 2.05) is 28.8 Å². The van der Waals surface area contributed by atoms with E-state index >= 15 is 0 Å². The van der Waals surface area contributed by atoms with E-state index in [2.05, 4.69) is 20.9 Å². The second-order valence-corrected chi connectivity index (χ2v) is 5.68. The lowest BCUT2D eigenvalue weighted by Gasteiger charge is -2.05. The Hall–Kier alpha value is -2.01. The minimum absolute atomic E-state index is 0.0525. The number of nitrogens with zero attached hydrogens (tertiary/aromatic N) is 2. The molecule has 0 aliphatic carbocycles. The number of carbonyl (C=O) groups is 1. The molecule has 0 unspecified atom stereocenters. The van der Waals surface area contributed by atoms with Gasteiger partial charge in [0.15, 0.2) is 5.78 Å². The number of benzene rings is 2. The molecule has 3 aromatic rings. The molecule has 21 heavy (non-hydrogen) atoms. The van der Waals surface area contributed by atoms with Crippen molar-refractivity contribution in [3.05, 3.63) is 64.6 Å². The number of hydrogen-bond acceptors (Lipinski definition) is 2. The molecule has 0 N–H and O–H groups in total. The van der Waals surface area contributed by atoms with Crippen LogP contribution in [-0.2, 0) is 17.8 Å². The fraction of sp³-hybridized carbons (Fsp3) is 0.125. The van der Waals surface area contributed by atoms with Gasteiger partial charge in [-0.3, -0.25) is 4.79 Å². The van der Waals surface area contributed by atoms with Crippen LogP contribution in [0.5, 0.6) is 0 Å². The number of halogens is 2. The van der Waals surface area contributed by atoms with Crippen LogP contribution in [0.15, 0.2) is 53.3 Å². The van der Waals surface area contributed by atoms with Crippen molar-refractivity contribution < 1.29 is 9.18 Å². The topological polar surface area (TPSA) is 34.9 Å². The molecule has 0 saturated heterocycles. The van der Waals surface area contributed by atoms with Gasteiger partial charge < -0.3 is 4.57 Å². The Morgan fingerprint density at radius 1 is 1.24 bits per heavy atom. The number of Topliss-reactive ketones (excluding diaryl/α,β-unsaturated/α-hetero) is 1. The third kappa shape index (κ3) is 3.03. The monoisotopic (exact) mass is 346 g/mol. The second-order valence-electron chi connectivity index (χ2n) is 4.83. The van der Waals surface area contributed by atoms with Crippen LogP contribution in [0.1, 0.15) is 5.56 Å². The van der Waals surface area contributed by atoms with Crippen LogP contribution in [0.4, 0.5) is 4.39 Å². The predicted molar refractivity (Wildman–Crippen MR) is 82.5 cm³/mol. The van der Waals surface area contributed by atoms with Gasteiger partial charge in [-0.05, 0) is 45.8 Å². The van der Waals surface area contributed by atoms with E-state index in [1.54, 1.807) is 18.5 Å². The first kappa shape index (κ1) is 13.9. The fourth-order valence-corrected chi connectivity index (χ4v) is 2.69. The summed E-state index contributed by atoms with van der Waals surface area (Å²) in [5, 5.41) is 0. The van der Waals surface area contributed by atoms with Crippen LogP contribution in [0.25, 0.3) is 11.0 Å². The maximum absolute atomic E-state index is 13.2. The highest BCUT2D eigenvalue weighted by Gasteiger charge is 2.09. The number of imidazole rings is 1. The minimum atomic E-state index is -0.327. The molecule has 0 spiro atoms. The van der Waals surface area contributed by atoms with E-state index in [-0.39, 0.29) is 24.6 Å². The van der Waals surface area contributed by atoms with Gasteiger partial charge in [0.25, 0.3) is 0 Å². The van der Waals surface area contributed by atoms with Crippen molar-refractivity contribution in [1.29, 1.82) is 0 Å². The first-order valence-electron chi connectivity index (χ1n) is 6.49. The average molecular weight is 347 g/mol. The first-order valence-corrected chi connectivity index (χ1v) is 7.28. The lowest BCUT2D eigenvalue weighted by Crippen LogP contribution is -2.11. The van der Waals surface area contributed by atoms with Crippen LogP contribution < -0.4 is 0 Å². The standard InChI is InChI=1S/C16H12BrFN2O/c17-13-8-11(5-6-14(13)18)7-12(21)9-20-10-19-15-3-1-2-4-16(15)20/h1-6,8,10H,7,9H2. The lowest BCUT2D eigenvalue weighted by atomic mass is 10.1. The molecule has 1 aromatic heterocycles. The Labute approximate surface area is 129 Å². The molecule has 0 saturated carbocycles. The van der Waals surface area contributed by atoms with Gasteiger partial charge in [-0.15, -0.1) is 0 Å². The zero-order valence-corrected chi connectivity index (χ0v) is 12.7. The summed E-state index contributed by atoms with van der Waals surface area (Å²) in [4.78, 5) is 16.4. The normalized spacial score (nSPS) is 11.0. The number of ketones is 1. The predicted octanol–water partition coefficient (Wildman–Crippen LogP) is 3.75. The van der Waals surface area contributed by atoms with Gasteiger partial charge in [0.05, 0.1) is 28.4 Å². The maximum Gasteiger partial charge on any atom is 0.156 e. The van der Waals surface area contributed by atoms with Gasteiger partial charge in [-0.1, -0.05) is 18.2 Å². The van der Waals surface area contributed by atoms with Crippen LogP contribution in [0.3, 0.4) is 0 Å². The molecule has 1 heterocycles. The molecule has 0 atom stereocenters. The van der Waals surface area contributed by atoms with Gasteiger partial charge in [-0.2, -0.15) is 0 Å².